The van der Waals surface area contributed by atoms with Crippen LogP contribution in [0.15, 0.2) is 48.7 Å². The summed E-state index contributed by atoms with van der Waals surface area (Å²) in [6.07, 6.45) is 2.86. The van der Waals surface area contributed by atoms with Gasteiger partial charge in [-0.15, -0.1) is 10.2 Å². The van der Waals surface area contributed by atoms with Crippen LogP contribution in [0.5, 0.6) is 0 Å². The largest absolute Gasteiger partial charge is 0.371 e. The fourth-order valence-electron chi connectivity index (χ4n) is 3.00. The molecule has 128 valence electrons. The number of aromatic nitrogens is 3. The molecule has 0 saturated carbocycles. The van der Waals surface area contributed by atoms with Crippen LogP contribution < -0.4 is 10.2 Å². The molecule has 0 aliphatic carbocycles. The second kappa shape index (κ2) is 7.14. The fourth-order valence-corrected chi connectivity index (χ4v) is 3.73. The number of nitrogens with zero attached hydrogens (tertiary/aromatic N) is 4. The Morgan fingerprint density at radius 2 is 2.04 bits per heavy atom. The van der Waals surface area contributed by atoms with Crippen molar-refractivity contribution in [2.75, 3.05) is 29.9 Å². The molecule has 4 rings (SSSR count). The van der Waals surface area contributed by atoms with Crippen LogP contribution in [-0.4, -0.2) is 34.8 Å². The normalized spacial score (nSPS) is 17.0. The van der Waals surface area contributed by atoms with Crippen molar-refractivity contribution in [2.45, 2.75) is 6.42 Å². The third kappa shape index (κ3) is 3.76. The molecule has 1 N–H and O–H groups in total. The summed E-state index contributed by atoms with van der Waals surface area (Å²) < 4.78 is 13.0. The quantitative estimate of drug-likeness (QED) is 0.757. The second-order valence-corrected chi connectivity index (χ2v) is 7.06. The molecule has 3 heterocycles. The number of halogens is 1. The second-order valence-electron chi connectivity index (χ2n) is 6.09. The Morgan fingerprint density at radius 3 is 2.84 bits per heavy atom. The van der Waals surface area contributed by atoms with Crippen molar-refractivity contribution in [3.8, 4) is 10.7 Å². The van der Waals surface area contributed by atoms with Crippen molar-refractivity contribution in [1.29, 1.82) is 0 Å². The van der Waals surface area contributed by atoms with Crippen LogP contribution in [0, 0.1) is 11.7 Å². The van der Waals surface area contributed by atoms with E-state index in [2.05, 4.69) is 25.4 Å². The Hall–Kier alpha value is -2.54. The number of benzene rings is 1. The molecule has 0 radical (unpaired) electrons. The molecule has 3 aromatic rings. The summed E-state index contributed by atoms with van der Waals surface area (Å²) in [5.41, 5.74) is 1.92. The van der Waals surface area contributed by atoms with E-state index in [1.807, 2.05) is 30.3 Å². The van der Waals surface area contributed by atoms with Gasteiger partial charge in [-0.05, 0) is 48.7 Å². The van der Waals surface area contributed by atoms with Gasteiger partial charge < -0.3 is 10.2 Å². The molecule has 5 nitrogen and oxygen atoms in total. The highest BCUT2D eigenvalue weighted by Crippen LogP contribution is 2.27. The maximum absolute atomic E-state index is 13.0. The molecule has 1 aliphatic rings. The average Bonchev–Trinajstić information content (AvgIpc) is 3.31. The molecule has 1 fully saturated rings. The molecular weight excluding hydrogens is 337 g/mol. The van der Waals surface area contributed by atoms with Gasteiger partial charge in [0.2, 0.25) is 5.13 Å². The van der Waals surface area contributed by atoms with Crippen molar-refractivity contribution in [2.24, 2.45) is 5.92 Å². The summed E-state index contributed by atoms with van der Waals surface area (Å²) in [6.45, 7) is 2.81. The van der Waals surface area contributed by atoms with Crippen LogP contribution in [-0.2, 0) is 0 Å². The Kier molecular flexibility index (Phi) is 4.56. The van der Waals surface area contributed by atoms with Gasteiger partial charge in [-0.3, -0.25) is 4.98 Å². The van der Waals surface area contributed by atoms with E-state index in [0.717, 1.165) is 47.6 Å². The molecule has 0 bridgehead atoms. The maximum atomic E-state index is 13.0. The minimum absolute atomic E-state index is 0.193. The maximum Gasteiger partial charge on any atom is 0.206 e. The van der Waals surface area contributed by atoms with E-state index in [9.17, 15) is 4.39 Å². The lowest BCUT2D eigenvalue weighted by Gasteiger charge is -2.18. The van der Waals surface area contributed by atoms with Gasteiger partial charge in [0.1, 0.15) is 11.5 Å². The van der Waals surface area contributed by atoms with Crippen LogP contribution in [0.1, 0.15) is 6.42 Å². The van der Waals surface area contributed by atoms with Gasteiger partial charge in [-0.2, -0.15) is 0 Å². The highest BCUT2D eigenvalue weighted by Gasteiger charge is 2.23. The summed E-state index contributed by atoms with van der Waals surface area (Å²) in [6, 6.07) is 12.5. The lowest BCUT2D eigenvalue weighted by atomic mass is 10.1. The molecule has 25 heavy (non-hydrogen) atoms. The predicted octanol–water partition coefficient (Wildman–Crippen LogP) is 3.68. The van der Waals surface area contributed by atoms with Crippen molar-refractivity contribution in [3.05, 3.63) is 54.5 Å². The van der Waals surface area contributed by atoms with Crippen LogP contribution in [0.4, 0.5) is 15.2 Å². The molecule has 1 atom stereocenters. The average molecular weight is 355 g/mol. The lowest BCUT2D eigenvalue weighted by molar-refractivity contribution is 0.621. The van der Waals surface area contributed by atoms with Gasteiger partial charge in [0, 0.05) is 31.5 Å². The van der Waals surface area contributed by atoms with Crippen LogP contribution in [0.25, 0.3) is 10.7 Å². The number of rotatable bonds is 5. The van der Waals surface area contributed by atoms with Crippen LogP contribution in [0.2, 0.25) is 0 Å². The first-order valence-electron chi connectivity index (χ1n) is 8.27. The number of nitrogens with one attached hydrogen (secondary N) is 1. The van der Waals surface area contributed by atoms with Crippen molar-refractivity contribution in [3.63, 3.8) is 0 Å². The van der Waals surface area contributed by atoms with Crippen molar-refractivity contribution >= 4 is 22.2 Å². The lowest BCUT2D eigenvalue weighted by Crippen LogP contribution is -2.22. The Labute approximate surface area is 149 Å². The van der Waals surface area contributed by atoms with E-state index < -0.39 is 0 Å². The molecule has 2 aromatic heterocycles. The number of pyridine rings is 1. The first-order chi connectivity index (χ1) is 12.3. The minimum atomic E-state index is -0.193. The Morgan fingerprint density at radius 1 is 1.16 bits per heavy atom. The Balaban J connectivity index is 1.32. The zero-order valence-electron chi connectivity index (χ0n) is 13.6. The van der Waals surface area contributed by atoms with Gasteiger partial charge >= 0.3 is 0 Å². The molecule has 1 saturated heterocycles. The predicted molar refractivity (Wildman–Crippen MR) is 98.3 cm³/mol. The van der Waals surface area contributed by atoms with Gasteiger partial charge in [-0.25, -0.2) is 4.39 Å². The third-order valence-electron chi connectivity index (χ3n) is 4.33. The van der Waals surface area contributed by atoms with E-state index >= 15 is 0 Å². The monoisotopic (exact) mass is 355 g/mol. The van der Waals surface area contributed by atoms with Gasteiger partial charge in [-0.1, -0.05) is 17.4 Å². The van der Waals surface area contributed by atoms with E-state index in [1.165, 1.54) is 23.5 Å². The van der Waals surface area contributed by atoms with E-state index in [0.29, 0.717) is 5.92 Å². The molecule has 1 unspecified atom stereocenters. The molecule has 7 heteroatoms. The standard InChI is InChI=1S/C18H18FN5S/c19-14-4-6-15(7-5-14)24-10-8-13(12-24)11-21-18-23-22-17(25-18)16-3-1-2-9-20-16/h1-7,9,13H,8,10-12H2,(H,21,23). The summed E-state index contributed by atoms with van der Waals surface area (Å²) in [5, 5.41) is 13.4. The summed E-state index contributed by atoms with van der Waals surface area (Å²) in [4.78, 5) is 6.59. The zero-order chi connectivity index (χ0) is 17.1. The molecular formula is C18H18FN5S. The smallest absolute Gasteiger partial charge is 0.206 e. The molecule has 0 amide bonds. The highest BCUT2D eigenvalue weighted by atomic mass is 32.1. The van der Waals surface area contributed by atoms with Crippen molar-refractivity contribution in [1.82, 2.24) is 15.2 Å². The van der Waals surface area contributed by atoms with Crippen molar-refractivity contribution < 1.29 is 4.39 Å². The number of hydrogen-bond acceptors (Lipinski definition) is 6. The van der Waals surface area contributed by atoms with E-state index in [1.54, 1.807) is 6.20 Å². The zero-order valence-corrected chi connectivity index (χ0v) is 14.4. The SMILES string of the molecule is Fc1ccc(N2CCC(CNc3nnc(-c4ccccn4)s3)C2)cc1. The first-order valence-corrected chi connectivity index (χ1v) is 9.09. The first kappa shape index (κ1) is 16.0. The number of anilines is 2. The van der Waals surface area contributed by atoms with Gasteiger partial charge in [0.25, 0.3) is 0 Å². The summed E-state index contributed by atoms with van der Waals surface area (Å²) >= 11 is 1.52. The summed E-state index contributed by atoms with van der Waals surface area (Å²) in [5.74, 6) is 0.341. The Bertz CT molecular complexity index is 821. The van der Waals surface area contributed by atoms with Gasteiger partial charge in [0.15, 0.2) is 5.01 Å². The van der Waals surface area contributed by atoms with Crippen LogP contribution >= 0.6 is 11.3 Å². The molecule has 1 aromatic carbocycles. The third-order valence-corrected chi connectivity index (χ3v) is 5.23. The van der Waals surface area contributed by atoms with E-state index in [-0.39, 0.29) is 5.82 Å². The van der Waals surface area contributed by atoms with Gasteiger partial charge in [0.05, 0.1) is 0 Å². The molecule has 1 aliphatic heterocycles. The highest BCUT2D eigenvalue weighted by molar-refractivity contribution is 7.18. The number of hydrogen-bond donors (Lipinski definition) is 1. The van der Waals surface area contributed by atoms with Crippen LogP contribution in [0.3, 0.4) is 0 Å². The minimum Gasteiger partial charge on any atom is -0.371 e. The fraction of sp³-hybridized carbons (Fsp3) is 0.278. The molecule has 0 spiro atoms. The van der Waals surface area contributed by atoms with E-state index in [4.69, 9.17) is 0 Å². The summed E-state index contributed by atoms with van der Waals surface area (Å²) in [7, 11) is 0. The topological polar surface area (TPSA) is 53.9 Å².